The molecule has 1 unspecified atom stereocenters. The van der Waals surface area contributed by atoms with Crippen molar-refractivity contribution in [2.24, 2.45) is 0 Å². The quantitative estimate of drug-likeness (QED) is 0.912. The molecule has 126 valence electrons. The number of benzene rings is 2. The lowest BCUT2D eigenvalue weighted by atomic mass is 10.1. The number of nitrogens with zero attached hydrogens (tertiary/aromatic N) is 2. The molecular formula is C17H15F3N2O2. The minimum Gasteiger partial charge on any atom is -0.315 e. The molecule has 0 spiro atoms. The molecule has 2 aromatic carbocycles. The summed E-state index contributed by atoms with van der Waals surface area (Å²) < 4.78 is 38.7. The highest BCUT2D eigenvalue weighted by molar-refractivity contribution is 5.94. The van der Waals surface area contributed by atoms with Crippen molar-refractivity contribution in [3.8, 4) is 0 Å². The molecule has 0 aliphatic carbocycles. The van der Waals surface area contributed by atoms with E-state index in [0.29, 0.717) is 5.56 Å². The third-order valence-corrected chi connectivity index (χ3v) is 3.94. The average Bonchev–Trinajstić information content (AvgIpc) is 2.96. The zero-order valence-electron chi connectivity index (χ0n) is 12.6. The fourth-order valence-electron chi connectivity index (χ4n) is 2.80. The zero-order valence-corrected chi connectivity index (χ0v) is 12.6. The molecule has 0 bridgehead atoms. The normalized spacial score (nSPS) is 18.8. The SMILES string of the molecule is O=C(c1ccccc1)N1CCN(O)C1c1cccc(C(F)(F)F)c1. The van der Waals surface area contributed by atoms with Gasteiger partial charge in [-0.3, -0.25) is 4.79 Å². The fraction of sp³-hybridized carbons (Fsp3) is 0.235. The summed E-state index contributed by atoms with van der Waals surface area (Å²) in [6, 6.07) is 13.1. The van der Waals surface area contributed by atoms with E-state index in [0.717, 1.165) is 17.2 Å². The molecule has 4 nitrogen and oxygen atoms in total. The molecule has 3 rings (SSSR count). The van der Waals surface area contributed by atoms with Gasteiger partial charge in [-0.2, -0.15) is 18.2 Å². The van der Waals surface area contributed by atoms with Crippen LogP contribution in [-0.2, 0) is 6.18 Å². The largest absolute Gasteiger partial charge is 0.416 e. The van der Waals surface area contributed by atoms with Gasteiger partial charge in [0.1, 0.15) is 6.17 Å². The summed E-state index contributed by atoms with van der Waals surface area (Å²) in [5.41, 5.74) is -0.175. The predicted molar refractivity (Wildman–Crippen MR) is 80.2 cm³/mol. The Hall–Kier alpha value is -2.38. The Bertz CT molecular complexity index is 734. The standard InChI is InChI=1S/C17H15F3N2O2/c18-17(19,20)14-8-4-7-13(11-14)15-21(9-10-22(15)24)16(23)12-5-2-1-3-6-12/h1-8,11,15,24H,9-10H2. The molecule has 0 aromatic heterocycles. The molecule has 1 aliphatic rings. The monoisotopic (exact) mass is 336 g/mol. The number of hydroxylamine groups is 2. The summed E-state index contributed by atoms with van der Waals surface area (Å²) in [6.45, 7) is 0.393. The number of alkyl halides is 3. The van der Waals surface area contributed by atoms with Crippen molar-refractivity contribution in [2.75, 3.05) is 13.1 Å². The van der Waals surface area contributed by atoms with Crippen molar-refractivity contribution in [1.29, 1.82) is 0 Å². The number of hydrogen-bond acceptors (Lipinski definition) is 3. The lowest BCUT2D eigenvalue weighted by Gasteiger charge is -2.27. The van der Waals surface area contributed by atoms with E-state index >= 15 is 0 Å². The molecule has 2 aromatic rings. The van der Waals surface area contributed by atoms with Gasteiger partial charge in [0.2, 0.25) is 0 Å². The summed E-state index contributed by atoms with van der Waals surface area (Å²) in [5, 5.41) is 10.9. The molecule has 1 N–H and O–H groups in total. The van der Waals surface area contributed by atoms with Gasteiger partial charge in [-0.05, 0) is 29.8 Å². The number of hydrogen-bond donors (Lipinski definition) is 1. The summed E-state index contributed by atoms with van der Waals surface area (Å²) in [4.78, 5) is 14.0. The van der Waals surface area contributed by atoms with Gasteiger partial charge in [0.05, 0.1) is 5.56 Å². The van der Waals surface area contributed by atoms with Crippen LogP contribution in [0.2, 0.25) is 0 Å². The summed E-state index contributed by atoms with van der Waals surface area (Å²) in [6.07, 6.45) is -5.43. The van der Waals surface area contributed by atoms with Crippen LogP contribution in [0.15, 0.2) is 54.6 Å². The first-order valence-corrected chi connectivity index (χ1v) is 7.36. The molecule has 7 heteroatoms. The zero-order chi connectivity index (χ0) is 17.3. The molecule has 1 amide bonds. The molecule has 1 heterocycles. The van der Waals surface area contributed by atoms with Crippen molar-refractivity contribution in [3.05, 3.63) is 71.3 Å². The number of carbonyl (C=O) groups is 1. The minimum absolute atomic E-state index is 0.166. The second kappa shape index (κ2) is 6.26. The highest BCUT2D eigenvalue weighted by Gasteiger charge is 2.38. The van der Waals surface area contributed by atoms with Crippen molar-refractivity contribution < 1.29 is 23.2 Å². The number of amides is 1. The molecular weight excluding hydrogens is 321 g/mol. The number of rotatable bonds is 2. The van der Waals surface area contributed by atoms with Crippen LogP contribution in [-0.4, -0.2) is 34.2 Å². The van der Waals surface area contributed by atoms with E-state index in [1.165, 1.54) is 17.0 Å². The van der Waals surface area contributed by atoms with E-state index in [9.17, 15) is 23.2 Å². The first-order chi connectivity index (χ1) is 11.4. The Morgan fingerprint density at radius 2 is 1.75 bits per heavy atom. The third kappa shape index (κ3) is 3.13. The highest BCUT2D eigenvalue weighted by Crippen LogP contribution is 2.34. The Balaban J connectivity index is 1.94. The van der Waals surface area contributed by atoms with Gasteiger partial charge >= 0.3 is 6.18 Å². The first-order valence-electron chi connectivity index (χ1n) is 7.36. The van der Waals surface area contributed by atoms with Gasteiger partial charge in [0.15, 0.2) is 0 Å². The van der Waals surface area contributed by atoms with Crippen molar-refractivity contribution in [1.82, 2.24) is 9.96 Å². The van der Waals surface area contributed by atoms with Crippen molar-refractivity contribution in [2.45, 2.75) is 12.3 Å². The predicted octanol–water partition coefficient (Wildman–Crippen LogP) is 3.55. The second-order valence-electron chi connectivity index (χ2n) is 5.52. The topological polar surface area (TPSA) is 43.8 Å². The molecule has 1 aliphatic heterocycles. The van der Waals surface area contributed by atoms with E-state index in [4.69, 9.17) is 0 Å². The molecule has 0 saturated carbocycles. The lowest BCUT2D eigenvalue weighted by Crippen LogP contribution is -2.34. The Kier molecular flexibility index (Phi) is 4.29. The van der Waals surface area contributed by atoms with Crippen LogP contribution in [0.4, 0.5) is 13.2 Å². The van der Waals surface area contributed by atoms with Gasteiger partial charge < -0.3 is 10.1 Å². The van der Waals surface area contributed by atoms with Crippen LogP contribution < -0.4 is 0 Å². The maximum atomic E-state index is 12.9. The van der Waals surface area contributed by atoms with E-state index in [2.05, 4.69) is 0 Å². The van der Waals surface area contributed by atoms with Gasteiger partial charge in [-0.25, -0.2) is 0 Å². The van der Waals surface area contributed by atoms with Crippen LogP contribution in [0.3, 0.4) is 0 Å². The van der Waals surface area contributed by atoms with E-state index < -0.39 is 17.9 Å². The summed E-state index contributed by atoms with van der Waals surface area (Å²) in [5.74, 6) is -0.338. The Labute approximate surface area is 136 Å². The maximum absolute atomic E-state index is 12.9. The minimum atomic E-state index is -4.48. The van der Waals surface area contributed by atoms with Crippen LogP contribution in [0.5, 0.6) is 0 Å². The molecule has 1 atom stereocenters. The molecule has 1 saturated heterocycles. The van der Waals surface area contributed by atoms with Crippen LogP contribution >= 0.6 is 0 Å². The third-order valence-electron chi connectivity index (χ3n) is 3.94. The van der Waals surface area contributed by atoms with Crippen LogP contribution in [0, 0.1) is 0 Å². The van der Waals surface area contributed by atoms with Gasteiger partial charge in [0.25, 0.3) is 5.91 Å². The summed E-state index contributed by atoms with van der Waals surface area (Å²) >= 11 is 0. The fourth-order valence-corrected chi connectivity index (χ4v) is 2.80. The lowest BCUT2D eigenvalue weighted by molar-refractivity contribution is -0.138. The number of carbonyl (C=O) groups excluding carboxylic acids is 1. The van der Waals surface area contributed by atoms with Crippen molar-refractivity contribution in [3.63, 3.8) is 0 Å². The molecule has 0 radical (unpaired) electrons. The Morgan fingerprint density at radius 1 is 1.04 bits per heavy atom. The van der Waals surface area contributed by atoms with E-state index in [1.807, 2.05) is 0 Å². The highest BCUT2D eigenvalue weighted by atomic mass is 19.4. The summed E-state index contributed by atoms with van der Waals surface area (Å²) in [7, 11) is 0. The molecule has 24 heavy (non-hydrogen) atoms. The Morgan fingerprint density at radius 3 is 2.42 bits per heavy atom. The van der Waals surface area contributed by atoms with Crippen LogP contribution in [0.25, 0.3) is 0 Å². The van der Waals surface area contributed by atoms with Gasteiger partial charge in [0, 0.05) is 18.7 Å². The van der Waals surface area contributed by atoms with E-state index in [-0.39, 0.29) is 24.6 Å². The average molecular weight is 336 g/mol. The maximum Gasteiger partial charge on any atom is 0.416 e. The molecule has 1 fully saturated rings. The van der Waals surface area contributed by atoms with E-state index in [1.54, 1.807) is 30.3 Å². The van der Waals surface area contributed by atoms with Gasteiger partial charge in [-0.1, -0.05) is 30.3 Å². The van der Waals surface area contributed by atoms with Crippen molar-refractivity contribution >= 4 is 5.91 Å². The second-order valence-corrected chi connectivity index (χ2v) is 5.52. The first kappa shape index (κ1) is 16.5. The van der Waals surface area contributed by atoms with Gasteiger partial charge in [-0.15, -0.1) is 0 Å². The number of halogens is 3. The smallest absolute Gasteiger partial charge is 0.315 e. The van der Waals surface area contributed by atoms with Crippen LogP contribution in [0.1, 0.15) is 27.7 Å².